The van der Waals surface area contributed by atoms with Gasteiger partial charge in [0.05, 0.1) is 20.8 Å². The molecule has 1 aromatic rings. The van der Waals surface area contributed by atoms with Crippen molar-refractivity contribution in [2.45, 2.75) is 51.3 Å². The summed E-state index contributed by atoms with van der Waals surface area (Å²) in [6, 6.07) is 6.73. The standard InChI is InChI=1S/C15H22O2Si/c1-18(2,3)14-8-4-6-11-12(14)10-17-13-7-5-9-16-15(11)13/h4,6,8,13,15H,5,7,9-10H2,1-3H3/t13-,15-/m0/s1. The van der Waals surface area contributed by atoms with Crippen LogP contribution in [0.25, 0.3) is 0 Å². The van der Waals surface area contributed by atoms with Crippen LogP contribution in [0.1, 0.15) is 30.1 Å². The molecule has 2 nitrogen and oxygen atoms in total. The minimum atomic E-state index is -1.30. The zero-order valence-electron chi connectivity index (χ0n) is 11.5. The van der Waals surface area contributed by atoms with Crippen molar-refractivity contribution in [3.63, 3.8) is 0 Å². The Labute approximate surface area is 110 Å². The number of hydrogen-bond acceptors (Lipinski definition) is 2. The van der Waals surface area contributed by atoms with Crippen LogP contribution in [0.5, 0.6) is 0 Å². The van der Waals surface area contributed by atoms with E-state index in [1.807, 2.05) is 0 Å². The van der Waals surface area contributed by atoms with E-state index < -0.39 is 8.07 Å². The fraction of sp³-hybridized carbons (Fsp3) is 0.600. The molecule has 0 spiro atoms. The molecule has 0 saturated carbocycles. The van der Waals surface area contributed by atoms with Gasteiger partial charge in [-0.15, -0.1) is 0 Å². The Hall–Kier alpha value is -0.643. The van der Waals surface area contributed by atoms with Crippen molar-refractivity contribution >= 4 is 13.3 Å². The molecule has 0 bridgehead atoms. The first-order valence-electron chi connectivity index (χ1n) is 6.93. The molecule has 0 amide bonds. The predicted octanol–water partition coefficient (Wildman–Crippen LogP) is 2.98. The summed E-state index contributed by atoms with van der Waals surface area (Å²) in [6.07, 6.45) is 2.73. The molecule has 3 heteroatoms. The largest absolute Gasteiger partial charge is 0.371 e. The predicted molar refractivity (Wildman–Crippen MR) is 75.9 cm³/mol. The fourth-order valence-corrected chi connectivity index (χ4v) is 4.86. The van der Waals surface area contributed by atoms with E-state index in [-0.39, 0.29) is 12.2 Å². The summed E-state index contributed by atoms with van der Waals surface area (Å²) in [4.78, 5) is 0. The Bertz CT molecular complexity index is 450. The van der Waals surface area contributed by atoms with Crippen molar-refractivity contribution in [2.75, 3.05) is 6.61 Å². The molecule has 0 aromatic heterocycles. The number of benzene rings is 1. The zero-order valence-corrected chi connectivity index (χ0v) is 12.5. The van der Waals surface area contributed by atoms with Crippen molar-refractivity contribution < 1.29 is 9.47 Å². The van der Waals surface area contributed by atoms with Crippen molar-refractivity contribution in [2.24, 2.45) is 0 Å². The first kappa shape index (κ1) is 12.4. The van der Waals surface area contributed by atoms with Gasteiger partial charge in [-0.2, -0.15) is 0 Å². The molecule has 2 aliphatic heterocycles. The Morgan fingerprint density at radius 1 is 1.17 bits per heavy atom. The van der Waals surface area contributed by atoms with E-state index in [0.717, 1.165) is 26.1 Å². The van der Waals surface area contributed by atoms with Gasteiger partial charge in [-0.05, 0) is 24.0 Å². The van der Waals surface area contributed by atoms with Crippen molar-refractivity contribution in [3.8, 4) is 0 Å². The SMILES string of the molecule is C[Si](C)(C)c1cccc2c1CO[C@H]1CCCO[C@@H]21. The maximum Gasteiger partial charge on any atom is 0.109 e. The summed E-state index contributed by atoms with van der Waals surface area (Å²) in [5, 5.41) is 1.53. The lowest BCUT2D eigenvalue weighted by atomic mass is 9.92. The molecule has 3 rings (SSSR count). The van der Waals surface area contributed by atoms with Crippen LogP contribution in [0.2, 0.25) is 19.6 Å². The first-order valence-corrected chi connectivity index (χ1v) is 10.4. The van der Waals surface area contributed by atoms with Gasteiger partial charge in [0.2, 0.25) is 0 Å². The van der Waals surface area contributed by atoms with E-state index in [0.29, 0.717) is 0 Å². The van der Waals surface area contributed by atoms with E-state index in [9.17, 15) is 0 Å². The Kier molecular flexibility index (Phi) is 3.08. The number of fused-ring (bicyclic) bond motifs is 3. The van der Waals surface area contributed by atoms with Crippen molar-refractivity contribution in [3.05, 3.63) is 29.3 Å². The molecule has 1 fully saturated rings. The van der Waals surface area contributed by atoms with Crippen LogP contribution in [-0.4, -0.2) is 20.8 Å². The van der Waals surface area contributed by atoms with Gasteiger partial charge in [0.15, 0.2) is 0 Å². The third kappa shape index (κ3) is 2.04. The average molecular weight is 262 g/mol. The summed E-state index contributed by atoms with van der Waals surface area (Å²) in [6.45, 7) is 8.85. The second-order valence-electron chi connectivity index (χ2n) is 6.41. The highest BCUT2D eigenvalue weighted by Crippen LogP contribution is 2.37. The molecule has 1 aromatic carbocycles. The molecule has 1 saturated heterocycles. The number of ether oxygens (including phenoxy) is 2. The van der Waals surface area contributed by atoms with Gasteiger partial charge in [0, 0.05) is 6.61 Å². The highest BCUT2D eigenvalue weighted by molar-refractivity contribution is 6.89. The van der Waals surface area contributed by atoms with Crippen LogP contribution >= 0.6 is 0 Å². The van der Waals surface area contributed by atoms with E-state index in [2.05, 4.69) is 37.8 Å². The third-order valence-corrected chi connectivity index (χ3v) is 6.12. The lowest BCUT2D eigenvalue weighted by Crippen LogP contribution is -2.44. The summed E-state index contributed by atoms with van der Waals surface area (Å²) < 4.78 is 12.0. The van der Waals surface area contributed by atoms with Crippen LogP contribution in [0.4, 0.5) is 0 Å². The maximum absolute atomic E-state index is 6.04. The van der Waals surface area contributed by atoms with Gasteiger partial charge in [0.1, 0.15) is 6.10 Å². The van der Waals surface area contributed by atoms with Crippen LogP contribution < -0.4 is 5.19 Å². The highest BCUT2D eigenvalue weighted by atomic mass is 28.3. The topological polar surface area (TPSA) is 18.5 Å². The summed E-state index contributed by atoms with van der Waals surface area (Å²) in [5.74, 6) is 0. The van der Waals surface area contributed by atoms with Gasteiger partial charge in [-0.3, -0.25) is 0 Å². The molecule has 2 aliphatic rings. The van der Waals surface area contributed by atoms with Crippen LogP contribution in [0.15, 0.2) is 18.2 Å². The van der Waals surface area contributed by atoms with Gasteiger partial charge in [-0.25, -0.2) is 0 Å². The maximum atomic E-state index is 6.04. The average Bonchev–Trinajstić information content (AvgIpc) is 2.36. The van der Waals surface area contributed by atoms with Crippen LogP contribution in [0, 0.1) is 0 Å². The monoisotopic (exact) mass is 262 g/mol. The fourth-order valence-electron chi connectivity index (χ4n) is 3.14. The summed E-state index contributed by atoms with van der Waals surface area (Å²) >= 11 is 0. The smallest absolute Gasteiger partial charge is 0.109 e. The van der Waals surface area contributed by atoms with Gasteiger partial charge >= 0.3 is 0 Å². The van der Waals surface area contributed by atoms with E-state index in [1.54, 1.807) is 0 Å². The first-order chi connectivity index (χ1) is 8.57. The Morgan fingerprint density at radius 3 is 2.78 bits per heavy atom. The molecule has 2 atom stereocenters. The van der Waals surface area contributed by atoms with Crippen LogP contribution in [-0.2, 0) is 16.1 Å². The molecule has 0 N–H and O–H groups in total. The zero-order chi connectivity index (χ0) is 12.8. The number of rotatable bonds is 1. The minimum absolute atomic E-state index is 0.179. The molecular formula is C15H22O2Si. The summed E-state index contributed by atoms with van der Waals surface area (Å²) in [7, 11) is -1.30. The molecule has 0 unspecified atom stereocenters. The van der Waals surface area contributed by atoms with Gasteiger partial charge in [-0.1, -0.05) is 43.0 Å². The molecule has 2 heterocycles. The molecule has 18 heavy (non-hydrogen) atoms. The van der Waals surface area contributed by atoms with Gasteiger partial charge in [0.25, 0.3) is 0 Å². The number of hydrogen-bond donors (Lipinski definition) is 0. The molecular weight excluding hydrogens is 240 g/mol. The lowest BCUT2D eigenvalue weighted by Gasteiger charge is -2.38. The second-order valence-corrected chi connectivity index (χ2v) is 11.4. The molecule has 98 valence electrons. The minimum Gasteiger partial charge on any atom is -0.371 e. The lowest BCUT2D eigenvalue weighted by molar-refractivity contribution is -0.125. The quantitative estimate of drug-likeness (QED) is 0.724. The Balaban J connectivity index is 2.05. The van der Waals surface area contributed by atoms with E-state index in [1.165, 1.54) is 16.3 Å². The van der Waals surface area contributed by atoms with Gasteiger partial charge < -0.3 is 9.47 Å². The second kappa shape index (κ2) is 4.48. The third-order valence-electron chi connectivity index (χ3n) is 4.04. The van der Waals surface area contributed by atoms with Crippen LogP contribution in [0.3, 0.4) is 0 Å². The van der Waals surface area contributed by atoms with E-state index >= 15 is 0 Å². The highest BCUT2D eigenvalue weighted by Gasteiger charge is 2.35. The van der Waals surface area contributed by atoms with E-state index in [4.69, 9.17) is 9.47 Å². The molecule has 0 radical (unpaired) electrons. The Morgan fingerprint density at radius 2 is 2.00 bits per heavy atom. The summed E-state index contributed by atoms with van der Waals surface area (Å²) in [5.41, 5.74) is 2.81. The van der Waals surface area contributed by atoms with Crippen molar-refractivity contribution in [1.82, 2.24) is 0 Å². The van der Waals surface area contributed by atoms with Crippen molar-refractivity contribution in [1.29, 1.82) is 0 Å². The normalized spacial score (nSPS) is 27.5. The molecule has 0 aliphatic carbocycles.